The zero-order chi connectivity index (χ0) is 24.5. The van der Waals surface area contributed by atoms with Gasteiger partial charge in [-0.05, 0) is 56.4 Å². The van der Waals surface area contributed by atoms with Crippen LogP contribution in [0.3, 0.4) is 0 Å². The molecule has 0 spiro atoms. The van der Waals surface area contributed by atoms with Gasteiger partial charge in [-0.25, -0.2) is 0 Å². The first-order chi connectivity index (χ1) is 16.0. The number of hydrogen-bond donors (Lipinski definition) is 2. The molecule has 5 nitrogen and oxygen atoms in total. The summed E-state index contributed by atoms with van der Waals surface area (Å²) in [4.78, 5) is 25.6. The average molecular weight is 452 g/mol. The molecule has 2 atom stereocenters. The Kier molecular flexibility index (Phi) is 14.2. The highest BCUT2D eigenvalue weighted by atomic mass is 16.2. The molecular weight excluding hydrogens is 410 g/mol. The molecule has 2 N–H and O–H groups in total. The van der Waals surface area contributed by atoms with Gasteiger partial charge in [-0.3, -0.25) is 14.5 Å². The van der Waals surface area contributed by atoms with Gasteiger partial charge >= 0.3 is 0 Å². The fraction of sp³-hybridized carbons (Fsp3) is 0.429. The third-order valence-corrected chi connectivity index (χ3v) is 5.24. The lowest BCUT2D eigenvalue weighted by molar-refractivity contribution is -0.125. The maximum absolute atomic E-state index is 12.1. The summed E-state index contributed by atoms with van der Waals surface area (Å²) < 4.78 is 0. The number of benzene rings is 1. The zero-order valence-electron chi connectivity index (χ0n) is 20.9. The first kappa shape index (κ1) is 28.1. The topological polar surface area (TPSA) is 61.4 Å². The van der Waals surface area contributed by atoms with Crippen molar-refractivity contribution >= 4 is 11.8 Å². The van der Waals surface area contributed by atoms with Crippen molar-refractivity contribution in [2.75, 3.05) is 26.7 Å². The highest BCUT2D eigenvalue weighted by Gasteiger charge is 2.31. The number of nitrogens with zero attached hydrogens (tertiary/aromatic N) is 1. The number of carbonyl (C=O) groups excluding carboxylic acids is 2. The summed E-state index contributed by atoms with van der Waals surface area (Å²) in [5, 5.41) is 5.49. The van der Waals surface area contributed by atoms with Crippen LogP contribution in [0.2, 0.25) is 0 Å². The monoisotopic (exact) mass is 451 g/mol. The predicted molar refractivity (Wildman–Crippen MR) is 139 cm³/mol. The van der Waals surface area contributed by atoms with Crippen LogP contribution in [0.1, 0.15) is 52.1 Å². The molecule has 0 aromatic heterocycles. The van der Waals surface area contributed by atoms with Crippen LogP contribution in [0.5, 0.6) is 0 Å². The largest absolute Gasteiger partial charge is 0.358 e. The van der Waals surface area contributed by atoms with Gasteiger partial charge in [0.05, 0.1) is 0 Å². The minimum atomic E-state index is -0.133. The van der Waals surface area contributed by atoms with Crippen molar-refractivity contribution in [2.45, 2.75) is 46.6 Å². The summed E-state index contributed by atoms with van der Waals surface area (Å²) in [5.41, 5.74) is 2.10. The van der Waals surface area contributed by atoms with Gasteiger partial charge in [-0.15, -0.1) is 0 Å². The molecule has 1 aromatic carbocycles. The van der Waals surface area contributed by atoms with E-state index in [1.54, 1.807) is 13.1 Å². The van der Waals surface area contributed by atoms with E-state index in [2.05, 4.69) is 35.5 Å². The molecule has 1 aliphatic heterocycles. The molecule has 0 saturated carbocycles. The Morgan fingerprint density at radius 1 is 1.15 bits per heavy atom. The molecule has 1 heterocycles. The fourth-order valence-corrected chi connectivity index (χ4v) is 3.54. The summed E-state index contributed by atoms with van der Waals surface area (Å²) in [5.74, 6) is 0.718. The van der Waals surface area contributed by atoms with E-state index in [0.717, 1.165) is 30.6 Å². The quantitative estimate of drug-likeness (QED) is 0.412. The lowest BCUT2D eigenvalue weighted by Gasteiger charge is -2.26. The van der Waals surface area contributed by atoms with Gasteiger partial charge in [-0.1, -0.05) is 74.6 Å². The van der Waals surface area contributed by atoms with Crippen molar-refractivity contribution < 1.29 is 9.59 Å². The second kappa shape index (κ2) is 16.7. The summed E-state index contributed by atoms with van der Waals surface area (Å²) in [6.45, 7) is 10.9. The van der Waals surface area contributed by atoms with Gasteiger partial charge in [0, 0.05) is 26.2 Å². The minimum Gasteiger partial charge on any atom is -0.358 e. The number of carbonyl (C=O) groups is 2. The number of hydrogen-bond acceptors (Lipinski definition) is 3. The lowest BCUT2D eigenvalue weighted by Crippen LogP contribution is -2.38. The summed E-state index contributed by atoms with van der Waals surface area (Å²) in [6.07, 6.45) is 15.5. The first-order valence-corrected chi connectivity index (χ1v) is 11.9. The summed E-state index contributed by atoms with van der Waals surface area (Å²) in [6, 6.07) is 9.89. The summed E-state index contributed by atoms with van der Waals surface area (Å²) in [7, 11) is 1.71. The van der Waals surface area contributed by atoms with Gasteiger partial charge in [-0.2, -0.15) is 0 Å². The normalized spacial score (nSPS) is 17.8. The highest BCUT2D eigenvalue weighted by molar-refractivity contribution is 5.88. The third-order valence-electron chi connectivity index (χ3n) is 5.24. The highest BCUT2D eigenvalue weighted by Crippen LogP contribution is 2.27. The Labute approximate surface area is 200 Å². The lowest BCUT2D eigenvalue weighted by atomic mass is 10.0. The molecule has 1 fully saturated rings. The van der Waals surface area contributed by atoms with Crippen LogP contribution in [-0.4, -0.2) is 43.4 Å². The molecule has 5 heteroatoms. The molecule has 0 aliphatic carbocycles. The Bertz CT molecular complexity index is 825. The van der Waals surface area contributed by atoms with Crippen LogP contribution >= 0.6 is 0 Å². The molecule has 2 amide bonds. The van der Waals surface area contributed by atoms with Gasteiger partial charge in [0.2, 0.25) is 11.8 Å². The minimum absolute atomic E-state index is 0.0567. The van der Waals surface area contributed by atoms with E-state index < -0.39 is 0 Å². The van der Waals surface area contributed by atoms with E-state index in [1.807, 2.05) is 74.6 Å². The van der Waals surface area contributed by atoms with Gasteiger partial charge in [0.15, 0.2) is 0 Å². The molecule has 1 saturated heterocycles. The van der Waals surface area contributed by atoms with Crippen molar-refractivity contribution in [1.29, 1.82) is 0 Å². The van der Waals surface area contributed by atoms with E-state index >= 15 is 0 Å². The third kappa shape index (κ3) is 11.0. The van der Waals surface area contributed by atoms with Crippen LogP contribution < -0.4 is 10.6 Å². The van der Waals surface area contributed by atoms with Crippen LogP contribution in [0.15, 0.2) is 78.4 Å². The Hall–Kier alpha value is -2.92. The molecule has 180 valence electrons. The molecule has 1 aromatic rings. The molecule has 33 heavy (non-hydrogen) atoms. The fourth-order valence-electron chi connectivity index (χ4n) is 3.54. The van der Waals surface area contributed by atoms with Gasteiger partial charge in [0.1, 0.15) is 6.04 Å². The predicted octanol–water partition coefficient (Wildman–Crippen LogP) is 4.96. The van der Waals surface area contributed by atoms with E-state index in [0.29, 0.717) is 12.5 Å². The van der Waals surface area contributed by atoms with E-state index in [1.165, 1.54) is 6.42 Å². The maximum Gasteiger partial charge on any atom is 0.243 e. The standard InChI is InChI=1S/C14H20N2O.C14H21NO/c1-11-8-9-16(10-11)13(14(17)15-2)12-6-4-3-5-7-12;1-4-7-9-13(10-8-5-2)11-12-14(16)15-6-3/h3-7,11,13H,8-10H2,1-2H3,(H,15,17);4,7-12H,5-6H2,1-3H3,(H,15,16)/b;7-4-,10-8+,12-11+,13-9+. The van der Waals surface area contributed by atoms with Crippen LogP contribution in [0.25, 0.3) is 0 Å². The van der Waals surface area contributed by atoms with Gasteiger partial charge in [0.25, 0.3) is 0 Å². The number of amides is 2. The summed E-state index contributed by atoms with van der Waals surface area (Å²) >= 11 is 0. The smallest absolute Gasteiger partial charge is 0.243 e. The molecule has 0 bridgehead atoms. The average Bonchev–Trinajstić information content (AvgIpc) is 3.25. The van der Waals surface area contributed by atoms with Crippen molar-refractivity contribution in [3.63, 3.8) is 0 Å². The van der Waals surface area contributed by atoms with E-state index in [-0.39, 0.29) is 17.9 Å². The van der Waals surface area contributed by atoms with E-state index in [9.17, 15) is 9.59 Å². The van der Waals surface area contributed by atoms with Crippen LogP contribution in [0, 0.1) is 5.92 Å². The molecule has 2 rings (SSSR count). The molecule has 2 unspecified atom stereocenters. The zero-order valence-corrected chi connectivity index (χ0v) is 20.9. The van der Waals surface area contributed by atoms with Crippen LogP contribution in [-0.2, 0) is 9.59 Å². The number of rotatable bonds is 9. The first-order valence-electron chi connectivity index (χ1n) is 11.9. The Balaban J connectivity index is 0.000000331. The van der Waals surface area contributed by atoms with Crippen molar-refractivity contribution in [3.05, 3.63) is 84.0 Å². The SMILES string of the molecule is CNC(=O)C(c1ccccc1)N1CCC(C)C1.C\C=C/C=C(\C=C\CC)/C=C/C(=O)NCC. The molecule has 1 aliphatic rings. The van der Waals surface area contributed by atoms with Gasteiger partial charge < -0.3 is 10.6 Å². The van der Waals surface area contributed by atoms with E-state index in [4.69, 9.17) is 0 Å². The number of likely N-dealkylation sites (tertiary alicyclic amines) is 1. The Morgan fingerprint density at radius 2 is 1.88 bits per heavy atom. The Morgan fingerprint density at radius 3 is 2.42 bits per heavy atom. The van der Waals surface area contributed by atoms with Crippen molar-refractivity contribution in [2.24, 2.45) is 5.92 Å². The second-order valence-electron chi connectivity index (χ2n) is 8.05. The second-order valence-corrected chi connectivity index (χ2v) is 8.05. The maximum atomic E-state index is 12.1. The van der Waals surface area contributed by atoms with Crippen molar-refractivity contribution in [3.8, 4) is 0 Å². The number of likely N-dealkylation sites (N-methyl/N-ethyl adjacent to an activating group) is 2. The van der Waals surface area contributed by atoms with Crippen molar-refractivity contribution in [1.82, 2.24) is 15.5 Å². The number of allylic oxidation sites excluding steroid dienone is 7. The van der Waals surface area contributed by atoms with Crippen LogP contribution in [0.4, 0.5) is 0 Å². The molecular formula is C28H41N3O2. The molecule has 0 radical (unpaired) electrons. The number of nitrogens with one attached hydrogen (secondary N) is 2.